The first-order valence-corrected chi connectivity index (χ1v) is 36.7. The Labute approximate surface area is 611 Å². The second-order valence-corrected chi connectivity index (χ2v) is 30.3. The van der Waals surface area contributed by atoms with Gasteiger partial charge in [0.05, 0.1) is 25.7 Å². The third-order valence-corrected chi connectivity index (χ3v) is 19.2. The van der Waals surface area contributed by atoms with E-state index in [1.54, 1.807) is 65.6 Å². The molecule has 0 spiro atoms. The van der Waals surface area contributed by atoms with E-state index in [0.717, 1.165) is 21.1 Å². The first kappa shape index (κ1) is 87.4. The number of nitrogens with zero attached hydrogens (tertiary/aromatic N) is 8. The van der Waals surface area contributed by atoms with Crippen LogP contribution in [0.4, 0.5) is 0 Å². The summed E-state index contributed by atoms with van der Waals surface area (Å²) in [6, 6.07) is 3.78. The highest BCUT2D eigenvalue weighted by atomic mass is 16.5. The zero-order valence-electron chi connectivity index (χ0n) is 64.5. The number of benzene rings is 2. The van der Waals surface area contributed by atoms with E-state index in [1.165, 1.54) is 75.9 Å². The highest BCUT2D eigenvalue weighted by Crippen LogP contribution is 2.24. The van der Waals surface area contributed by atoms with Crippen LogP contribution in [0.25, 0.3) is 0 Å². The van der Waals surface area contributed by atoms with Crippen molar-refractivity contribution < 1.29 is 72.5 Å². The minimum Gasteiger partial charge on any atom is -0.396 e. The second-order valence-electron chi connectivity index (χ2n) is 30.3. The van der Waals surface area contributed by atoms with Crippen LogP contribution in [-0.2, 0) is 75.1 Å². The molecule has 0 saturated carbocycles. The molecule has 0 radical (unpaired) electrons. The summed E-state index contributed by atoms with van der Waals surface area (Å²) in [6.45, 7) is 19.0. The number of likely N-dealkylation sites (tertiary alicyclic amines) is 1. The average Bonchev–Trinajstić information content (AvgIpc) is 0.826. The number of hydrogen-bond donors (Lipinski definition) is 6. The molecular weight excluding hydrogens is 1320 g/mol. The van der Waals surface area contributed by atoms with Crippen molar-refractivity contribution in [1.82, 2.24) is 60.5 Å². The van der Waals surface area contributed by atoms with Crippen molar-refractivity contribution in [2.24, 2.45) is 29.6 Å². The number of carbonyl (C=O) groups is 12. The number of aliphatic hydroxyl groups is 2. The van der Waals surface area contributed by atoms with Gasteiger partial charge in [0.1, 0.15) is 60.4 Å². The number of rotatable bonds is 21. The van der Waals surface area contributed by atoms with Crippen LogP contribution in [0.2, 0.25) is 0 Å². The lowest BCUT2D eigenvalue weighted by Gasteiger charge is -2.38. The van der Waals surface area contributed by atoms with Gasteiger partial charge in [-0.1, -0.05) is 130 Å². The molecule has 103 heavy (non-hydrogen) atoms. The number of hydrogen-bond acceptors (Lipinski definition) is 15. The number of amides is 12. The molecule has 0 aromatic heterocycles. The smallest absolute Gasteiger partial charge is 0.248 e. The largest absolute Gasteiger partial charge is 0.396 e. The first-order valence-electron chi connectivity index (χ1n) is 36.7. The lowest BCUT2D eigenvalue weighted by Crippen LogP contribution is -2.62. The van der Waals surface area contributed by atoms with E-state index in [4.69, 9.17) is 4.74 Å². The van der Waals surface area contributed by atoms with E-state index in [2.05, 4.69) is 21.3 Å². The maximum atomic E-state index is 15.6. The van der Waals surface area contributed by atoms with Crippen molar-refractivity contribution >= 4 is 70.9 Å². The fourth-order valence-corrected chi connectivity index (χ4v) is 13.1. The molecule has 2 aliphatic heterocycles. The van der Waals surface area contributed by atoms with E-state index in [-0.39, 0.29) is 94.2 Å². The van der Waals surface area contributed by atoms with E-state index in [0.29, 0.717) is 37.1 Å². The van der Waals surface area contributed by atoms with Gasteiger partial charge in [0.15, 0.2) is 0 Å². The first-order chi connectivity index (χ1) is 48.4. The fraction of sp³-hybridized carbons (Fsp3) is 0.684. The molecule has 2 fully saturated rings. The molecule has 0 bridgehead atoms. The molecule has 2 aromatic rings. The SMILES string of the molecule is CC(C)C[C@@H]1NC(=O)[C@H](CC(C)C)N(C)C(=O)C[C@@H](C(=O)N2CCCCC2)NC(=O)[C@H](CC(C)C)N(C)C(=O)CN(C)C(=O)[C@H]([C@@H](C)O)NC(=O)[C@H](CC(C)C)N(C)C(=O)[C@H](Cc2ccccc2)N(C)C(=O)[C@H](COCCCO)NC(=O)[C@H](Cc2ccccc2)N(C)C(=O)[C@H](CC(C)C)N(C)C1=O. The Bertz CT molecular complexity index is 3130. The van der Waals surface area contributed by atoms with Crippen LogP contribution in [0, 0.1) is 29.6 Å². The molecule has 6 N–H and O–H groups in total. The van der Waals surface area contributed by atoms with Crippen molar-refractivity contribution in [3.05, 3.63) is 71.8 Å². The van der Waals surface area contributed by atoms with Gasteiger partial charge in [-0.3, -0.25) is 57.5 Å². The minimum atomic E-state index is -1.69. The lowest BCUT2D eigenvalue weighted by atomic mass is 9.96. The molecule has 12 amide bonds. The quantitative estimate of drug-likeness (QED) is 0.0978. The van der Waals surface area contributed by atoms with Crippen LogP contribution in [-0.4, -0.2) is 276 Å². The minimum absolute atomic E-state index is 0.0143. The summed E-state index contributed by atoms with van der Waals surface area (Å²) in [5.41, 5.74) is 1.23. The topological polar surface area (TPSA) is 329 Å². The van der Waals surface area contributed by atoms with Crippen LogP contribution in [0.5, 0.6) is 0 Å². The van der Waals surface area contributed by atoms with Gasteiger partial charge in [-0.2, -0.15) is 0 Å². The molecule has 27 heteroatoms. The summed E-state index contributed by atoms with van der Waals surface area (Å²) in [6.07, 6.45) is 0.330. The van der Waals surface area contributed by atoms with Crippen LogP contribution in [0.3, 0.4) is 0 Å². The molecule has 27 nitrogen and oxygen atoms in total. The maximum absolute atomic E-state index is 15.6. The number of likely N-dealkylation sites (N-methyl/N-ethyl adjacent to an activating group) is 7. The average molecular weight is 1440 g/mol. The predicted molar refractivity (Wildman–Crippen MR) is 392 cm³/mol. The number of carbonyl (C=O) groups excluding carboxylic acids is 12. The van der Waals surface area contributed by atoms with E-state index >= 15 is 28.8 Å². The normalized spacial score (nSPS) is 24.7. The molecule has 2 saturated heterocycles. The maximum Gasteiger partial charge on any atom is 0.248 e. The van der Waals surface area contributed by atoms with Crippen LogP contribution in [0.15, 0.2) is 60.7 Å². The molecule has 2 aromatic carbocycles. The number of aliphatic hydroxyl groups excluding tert-OH is 2. The summed E-state index contributed by atoms with van der Waals surface area (Å²) in [5, 5.41) is 32.4. The van der Waals surface area contributed by atoms with Gasteiger partial charge in [-0.15, -0.1) is 0 Å². The molecule has 0 aliphatic carbocycles. The number of nitrogens with one attached hydrogen (secondary N) is 4. The monoisotopic (exact) mass is 1440 g/mol. The van der Waals surface area contributed by atoms with Crippen LogP contribution < -0.4 is 21.3 Å². The van der Waals surface area contributed by atoms with Crippen molar-refractivity contribution in [3.8, 4) is 0 Å². The Kier molecular flexibility index (Phi) is 35.7. The Morgan fingerprint density at radius 1 is 0.456 bits per heavy atom. The van der Waals surface area contributed by atoms with Gasteiger partial charge in [-0.25, -0.2) is 0 Å². The summed E-state index contributed by atoms with van der Waals surface area (Å²) in [7, 11) is 9.71. The Morgan fingerprint density at radius 3 is 1.35 bits per heavy atom. The molecule has 0 unspecified atom stereocenters. The molecule has 576 valence electrons. The fourth-order valence-electron chi connectivity index (χ4n) is 13.1. The highest BCUT2D eigenvalue weighted by molar-refractivity contribution is 6.00. The number of ether oxygens (including phenoxy) is 1. The molecule has 2 aliphatic rings. The van der Waals surface area contributed by atoms with Gasteiger partial charge in [0.2, 0.25) is 70.9 Å². The van der Waals surface area contributed by atoms with E-state index in [1.807, 2.05) is 69.2 Å². The van der Waals surface area contributed by atoms with Crippen molar-refractivity contribution in [1.29, 1.82) is 0 Å². The van der Waals surface area contributed by atoms with Gasteiger partial charge in [0.25, 0.3) is 0 Å². The van der Waals surface area contributed by atoms with Crippen molar-refractivity contribution in [2.75, 3.05) is 88.8 Å². The number of piperidine rings is 1. The molecular formula is C76H122N12O15. The second kappa shape index (κ2) is 42.0. The standard InChI is InChI=1S/C76H122N12O15/c1-47(2)37-55-71(97)86(17)62(41-51(9)10)74(100)85(16)61(42-53-29-22-19-23-30-53)69(95)79-57(46-103-36-28-35-89)72(98)87(18)63(43-54-31-24-20-25-32-54)75(101)84(15)60(40-50(7)8)70(96)80-66(52(11)90)76(102)81(12)45-65(92)83(14)59(39-49(5)6)68(94)78-56(73(99)88-33-26-21-27-34-88)44-64(91)82(13)58(38-48(3)4)67(93)77-55/h19-20,22-25,29-32,47-52,55-63,66,89-90H,21,26-28,33-46H2,1-18H3,(H,77,93)(H,78,94)(H,79,95)(H,80,96)/t52-,55+,56+,57+,58+,59+,60+,61+,62+,63+,66+/m1/s1. The van der Waals surface area contributed by atoms with Gasteiger partial charge >= 0.3 is 0 Å². The Hall–Kier alpha value is -8.04. The van der Waals surface area contributed by atoms with Gasteiger partial charge in [-0.05, 0) is 105 Å². The third kappa shape index (κ3) is 26.3. The lowest BCUT2D eigenvalue weighted by molar-refractivity contribution is -0.152. The zero-order valence-corrected chi connectivity index (χ0v) is 64.5. The molecule has 4 rings (SSSR count). The summed E-state index contributed by atoms with van der Waals surface area (Å²) >= 11 is 0. The summed E-state index contributed by atoms with van der Waals surface area (Å²) in [5.74, 6) is -10.0. The molecule has 2 heterocycles. The van der Waals surface area contributed by atoms with Crippen molar-refractivity contribution in [3.63, 3.8) is 0 Å². The van der Waals surface area contributed by atoms with Gasteiger partial charge < -0.3 is 75.4 Å². The van der Waals surface area contributed by atoms with Crippen molar-refractivity contribution in [2.45, 2.75) is 220 Å². The van der Waals surface area contributed by atoms with Gasteiger partial charge in [0, 0.05) is 88.5 Å². The van der Waals surface area contributed by atoms with E-state index < -0.39 is 157 Å². The Balaban J connectivity index is 2.02. The van der Waals surface area contributed by atoms with Crippen LogP contribution >= 0.6 is 0 Å². The Morgan fingerprint density at radius 2 is 0.854 bits per heavy atom. The third-order valence-electron chi connectivity index (χ3n) is 19.2. The summed E-state index contributed by atoms with van der Waals surface area (Å²) in [4.78, 5) is 191. The summed E-state index contributed by atoms with van der Waals surface area (Å²) < 4.78 is 5.96. The van der Waals surface area contributed by atoms with Crippen LogP contribution in [0.1, 0.15) is 151 Å². The van der Waals surface area contributed by atoms with E-state index in [9.17, 15) is 39.0 Å². The predicted octanol–water partition coefficient (Wildman–Crippen LogP) is 3.26. The zero-order chi connectivity index (χ0) is 77.3. The highest BCUT2D eigenvalue weighted by Gasteiger charge is 2.44. The molecule has 11 atom stereocenters.